The van der Waals surface area contributed by atoms with E-state index in [1.165, 1.54) is 116 Å². The number of rotatable bonds is 55. The molecule has 6 heteroatoms. The highest BCUT2D eigenvalue weighted by molar-refractivity contribution is 5.71. The third-order valence-corrected chi connectivity index (χ3v) is 13.0. The number of hydrogen-bond acceptors (Lipinski definition) is 6. The highest BCUT2D eigenvalue weighted by Crippen LogP contribution is 2.16. The molecule has 0 heterocycles. The SMILES string of the molecule is CC/C=C\C/C=C\C/C=C\C/C=C\C/C=C\CCCCCCCCCCCCCCCC(=O)OCC(COC(=O)CCCCCCCCCCCC)OC(=O)CCCCCC/C=C\C/C=C\C/C=C\C/C=C\CC. The Morgan fingerprint density at radius 3 is 0.824 bits per heavy atom. The first-order valence-electron chi connectivity index (χ1n) is 30.9. The van der Waals surface area contributed by atoms with Crippen LogP contribution in [0.1, 0.15) is 284 Å². The molecule has 0 rings (SSSR count). The van der Waals surface area contributed by atoms with Crippen molar-refractivity contribution in [3.8, 4) is 0 Å². The largest absolute Gasteiger partial charge is 0.462 e. The molecule has 0 saturated heterocycles. The minimum absolute atomic E-state index is 0.0864. The van der Waals surface area contributed by atoms with Gasteiger partial charge in [-0.15, -0.1) is 0 Å². The molecule has 0 aliphatic carbocycles. The number of carbonyl (C=O) groups excluding carboxylic acids is 3. The van der Waals surface area contributed by atoms with Crippen molar-refractivity contribution in [2.75, 3.05) is 13.2 Å². The van der Waals surface area contributed by atoms with E-state index in [-0.39, 0.29) is 31.1 Å². The molecule has 0 aromatic rings. The molecular weight excluding hydrogens is 913 g/mol. The van der Waals surface area contributed by atoms with E-state index in [1.807, 2.05) is 0 Å². The van der Waals surface area contributed by atoms with E-state index in [2.05, 4.69) is 130 Å². The van der Waals surface area contributed by atoms with Crippen molar-refractivity contribution in [2.24, 2.45) is 0 Å². The van der Waals surface area contributed by atoms with Gasteiger partial charge in [-0.1, -0.05) is 271 Å². The number of allylic oxidation sites excluding steroid dienone is 18. The number of carbonyl (C=O) groups is 3. The highest BCUT2D eigenvalue weighted by Gasteiger charge is 2.19. The molecule has 1 atom stereocenters. The number of hydrogen-bond donors (Lipinski definition) is 0. The summed E-state index contributed by atoms with van der Waals surface area (Å²) < 4.78 is 16.9. The van der Waals surface area contributed by atoms with E-state index in [4.69, 9.17) is 14.2 Å². The summed E-state index contributed by atoms with van der Waals surface area (Å²) in [5.41, 5.74) is 0. The van der Waals surface area contributed by atoms with E-state index in [9.17, 15) is 14.4 Å². The molecule has 0 aliphatic heterocycles. The maximum atomic E-state index is 12.9. The van der Waals surface area contributed by atoms with Gasteiger partial charge in [0.25, 0.3) is 0 Å². The summed E-state index contributed by atoms with van der Waals surface area (Å²) in [6.45, 7) is 6.39. The van der Waals surface area contributed by atoms with Crippen molar-refractivity contribution in [3.05, 3.63) is 109 Å². The Kier molecular flexibility index (Phi) is 58.3. The predicted molar refractivity (Wildman–Crippen MR) is 320 cm³/mol. The highest BCUT2D eigenvalue weighted by atomic mass is 16.6. The van der Waals surface area contributed by atoms with Gasteiger partial charge in [-0.25, -0.2) is 0 Å². The van der Waals surface area contributed by atoms with Gasteiger partial charge in [-0.2, -0.15) is 0 Å². The van der Waals surface area contributed by atoms with Gasteiger partial charge < -0.3 is 14.2 Å². The molecule has 1 unspecified atom stereocenters. The van der Waals surface area contributed by atoms with Gasteiger partial charge in [0.2, 0.25) is 0 Å². The van der Waals surface area contributed by atoms with Crippen LogP contribution in [0.25, 0.3) is 0 Å². The Labute approximate surface area is 457 Å². The van der Waals surface area contributed by atoms with E-state index < -0.39 is 6.10 Å². The lowest BCUT2D eigenvalue weighted by Gasteiger charge is -2.18. The monoisotopic (exact) mass is 1030 g/mol. The summed E-state index contributed by atoms with van der Waals surface area (Å²) in [5, 5.41) is 0. The Balaban J connectivity index is 4.23. The van der Waals surface area contributed by atoms with Crippen LogP contribution in [-0.2, 0) is 28.6 Å². The van der Waals surface area contributed by atoms with Gasteiger partial charge in [0.1, 0.15) is 13.2 Å². The van der Waals surface area contributed by atoms with Crippen molar-refractivity contribution >= 4 is 17.9 Å². The van der Waals surface area contributed by atoms with Gasteiger partial charge in [0.15, 0.2) is 6.10 Å². The van der Waals surface area contributed by atoms with Crippen LogP contribution in [0.3, 0.4) is 0 Å². The van der Waals surface area contributed by atoms with Crippen LogP contribution in [-0.4, -0.2) is 37.2 Å². The molecule has 0 aromatic heterocycles. The van der Waals surface area contributed by atoms with Gasteiger partial charge in [0.05, 0.1) is 0 Å². The lowest BCUT2D eigenvalue weighted by molar-refractivity contribution is -0.167. The Morgan fingerprint density at radius 1 is 0.284 bits per heavy atom. The molecule has 0 aliphatic rings. The van der Waals surface area contributed by atoms with Crippen LogP contribution in [0, 0.1) is 0 Å². The van der Waals surface area contributed by atoms with E-state index in [0.29, 0.717) is 19.3 Å². The fourth-order valence-corrected chi connectivity index (χ4v) is 8.46. The first kappa shape index (κ1) is 70.1. The molecule has 0 saturated carbocycles. The van der Waals surface area contributed by atoms with Crippen molar-refractivity contribution in [3.63, 3.8) is 0 Å². The van der Waals surface area contributed by atoms with E-state index in [0.717, 1.165) is 128 Å². The van der Waals surface area contributed by atoms with Crippen LogP contribution >= 0.6 is 0 Å². The third kappa shape index (κ3) is 59.0. The Morgan fingerprint density at radius 2 is 0.527 bits per heavy atom. The first-order valence-corrected chi connectivity index (χ1v) is 30.9. The Hall–Kier alpha value is -3.93. The predicted octanol–water partition coefficient (Wildman–Crippen LogP) is 21.0. The summed E-state index contributed by atoms with van der Waals surface area (Å²) in [5.74, 6) is -0.908. The van der Waals surface area contributed by atoms with Crippen molar-refractivity contribution in [1.29, 1.82) is 0 Å². The number of unbranched alkanes of at least 4 members (excludes halogenated alkanes) is 26. The number of esters is 3. The molecule has 0 amide bonds. The summed E-state index contributed by atoms with van der Waals surface area (Å²) in [6.07, 6.45) is 83.8. The average Bonchev–Trinajstić information content (AvgIpc) is 3.40. The zero-order valence-corrected chi connectivity index (χ0v) is 48.3. The second-order valence-electron chi connectivity index (χ2n) is 20.2. The normalized spacial score (nSPS) is 12.9. The summed E-state index contributed by atoms with van der Waals surface area (Å²) in [6, 6.07) is 0. The first-order chi connectivity index (χ1) is 36.5. The molecule has 0 aromatic carbocycles. The minimum atomic E-state index is -0.790. The molecule has 6 nitrogen and oxygen atoms in total. The van der Waals surface area contributed by atoms with Gasteiger partial charge in [-0.3, -0.25) is 14.4 Å². The fourth-order valence-electron chi connectivity index (χ4n) is 8.46. The van der Waals surface area contributed by atoms with E-state index in [1.54, 1.807) is 0 Å². The zero-order chi connectivity index (χ0) is 53.6. The molecular formula is C68H114O6. The van der Waals surface area contributed by atoms with Gasteiger partial charge >= 0.3 is 17.9 Å². The number of ether oxygens (including phenoxy) is 3. The summed E-state index contributed by atoms with van der Waals surface area (Å²) >= 11 is 0. The fraction of sp³-hybridized carbons (Fsp3) is 0.691. The Bertz CT molecular complexity index is 1510. The lowest BCUT2D eigenvalue weighted by Crippen LogP contribution is -2.30. The lowest BCUT2D eigenvalue weighted by atomic mass is 10.0. The molecule has 0 radical (unpaired) electrons. The van der Waals surface area contributed by atoms with Crippen molar-refractivity contribution < 1.29 is 28.6 Å². The second kappa shape index (κ2) is 61.6. The van der Waals surface area contributed by atoms with Gasteiger partial charge in [-0.05, 0) is 103 Å². The average molecular weight is 1030 g/mol. The molecule has 0 fully saturated rings. The van der Waals surface area contributed by atoms with Crippen LogP contribution in [0.5, 0.6) is 0 Å². The quantitative estimate of drug-likeness (QED) is 0.0261. The van der Waals surface area contributed by atoms with Crippen LogP contribution in [0.15, 0.2) is 109 Å². The van der Waals surface area contributed by atoms with Crippen molar-refractivity contribution in [1.82, 2.24) is 0 Å². The molecule has 0 bridgehead atoms. The molecule has 0 N–H and O–H groups in total. The van der Waals surface area contributed by atoms with Crippen LogP contribution in [0.4, 0.5) is 0 Å². The van der Waals surface area contributed by atoms with Gasteiger partial charge in [0, 0.05) is 19.3 Å². The van der Waals surface area contributed by atoms with E-state index >= 15 is 0 Å². The third-order valence-electron chi connectivity index (χ3n) is 13.0. The zero-order valence-electron chi connectivity index (χ0n) is 48.3. The second-order valence-corrected chi connectivity index (χ2v) is 20.2. The molecule has 422 valence electrons. The topological polar surface area (TPSA) is 78.9 Å². The van der Waals surface area contributed by atoms with Crippen molar-refractivity contribution in [2.45, 2.75) is 290 Å². The van der Waals surface area contributed by atoms with Crippen LogP contribution in [0.2, 0.25) is 0 Å². The molecule has 74 heavy (non-hydrogen) atoms. The molecule has 0 spiro atoms. The van der Waals surface area contributed by atoms with Crippen LogP contribution < -0.4 is 0 Å². The summed E-state index contributed by atoms with van der Waals surface area (Å²) in [7, 11) is 0. The maximum absolute atomic E-state index is 12.9. The smallest absolute Gasteiger partial charge is 0.306 e. The summed E-state index contributed by atoms with van der Waals surface area (Å²) in [4.78, 5) is 38.2. The standard InChI is InChI=1S/C68H114O6/c1-4-7-10-13-16-19-22-24-26-28-29-30-31-32-33-34-35-36-37-38-39-41-42-44-46-49-52-55-58-61-67(70)73-64-65(63-72-66(69)60-57-54-51-48-21-18-15-12-9-6-3)74-68(71)62-59-56-53-50-47-45-43-40-27-25-23-20-17-14-11-8-5-2/h7-8,10-11,16-17,19-20,24-27,29-30,32-33,43,45,65H,4-6,9,12-15,18,21-23,28,31,34-42,44,46-64H2,1-3H3/b10-7-,11-8-,19-16-,20-17-,26-24-,27-25-,30-29-,33-32-,45-43-. The maximum Gasteiger partial charge on any atom is 0.306 e. The minimum Gasteiger partial charge on any atom is -0.462 e.